The fourth-order valence-corrected chi connectivity index (χ4v) is 5.25. The molecule has 0 saturated carbocycles. The van der Waals surface area contributed by atoms with E-state index in [9.17, 15) is 23.1 Å². The molecule has 1 aromatic heterocycles. The van der Waals surface area contributed by atoms with Gasteiger partial charge < -0.3 is 19.8 Å². The van der Waals surface area contributed by atoms with Crippen LogP contribution in [0.2, 0.25) is 0 Å². The van der Waals surface area contributed by atoms with Crippen LogP contribution in [0.5, 0.6) is 0 Å². The summed E-state index contributed by atoms with van der Waals surface area (Å²) >= 11 is 0. The van der Waals surface area contributed by atoms with E-state index in [1.54, 1.807) is 32.0 Å². The van der Waals surface area contributed by atoms with Crippen molar-refractivity contribution >= 4 is 38.5 Å². The number of nitrogens with zero attached hydrogens (tertiary/aromatic N) is 3. The predicted molar refractivity (Wildman–Crippen MR) is 129 cm³/mol. The van der Waals surface area contributed by atoms with E-state index in [2.05, 4.69) is 4.98 Å². The first-order valence-corrected chi connectivity index (χ1v) is 12.5. The summed E-state index contributed by atoms with van der Waals surface area (Å²) in [6.45, 7) is 8.89. The number of fused-ring (bicyclic) bond motifs is 1. The van der Waals surface area contributed by atoms with Gasteiger partial charge in [-0.1, -0.05) is 13.8 Å². The number of Topliss-reactive ketones (excluding diaryl/α,β-unsaturated/α-hetero) is 1. The number of nitrogens with one attached hydrogen (secondary N) is 1. The van der Waals surface area contributed by atoms with E-state index in [0.29, 0.717) is 31.0 Å². The number of aryl methyl sites for hydroxylation is 2. The Bertz CT molecular complexity index is 1210. The molecule has 1 heterocycles. The van der Waals surface area contributed by atoms with Crippen LogP contribution in [0.3, 0.4) is 0 Å². The lowest BCUT2D eigenvalue weighted by molar-refractivity contribution is -0.143. The number of benzene rings is 1. The van der Waals surface area contributed by atoms with Crippen LogP contribution >= 0.6 is 0 Å². The molecule has 0 spiro atoms. The van der Waals surface area contributed by atoms with Crippen LogP contribution in [0.4, 0.5) is 0 Å². The second-order valence-corrected chi connectivity index (χ2v) is 9.61. The van der Waals surface area contributed by atoms with Gasteiger partial charge in [-0.3, -0.25) is 9.59 Å². The van der Waals surface area contributed by atoms with Gasteiger partial charge in [-0.05, 0) is 39.0 Å². The van der Waals surface area contributed by atoms with Gasteiger partial charge in [0.05, 0.1) is 27.9 Å². The summed E-state index contributed by atoms with van der Waals surface area (Å²) in [4.78, 5) is 28.5. The van der Waals surface area contributed by atoms with Crippen LogP contribution in [-0.4, -0.2) is 64.5 Å². The van der Waals surface area contributed by atoms with Gasteiger partial charge in [0.2, 0.25) is 10.0 Å². The Kier molecular flexibility index (Phi) is 9.11. The number of hydrogen-bond acceptors (Lipinski definition) is 8. The minimum absolute atomic E-state index is 0.0276. The second-order valence-electron chi connectivity index (χ2n) is 7.68. The van der Waals surface area contributed by atoms with E-state index < -0.39 is 34.1 Å². The molecule has 0 radical (unpaired) electrons. The van der Waals surface area contributed by atoms with Crippen molar-refractivity contribution in [3.63, 3.8) is 0 Å². The number of aromatic nitrogens is 2. The Hall–Kier alpha value is -3.05. The normalized spacial score (nSPS) is 12.6. The molecular weight excluding hydrogens is 460 g/mol. The van der Waals surface area contributed by atoms with E-state index in [-0.39, 0.29) is 29.0 Å². The molecule has 0 aliphatic heterocycles. The van der Waals surface area contributed by atoms with Gasteiger partial charge in [0.1, 0.15) is 18.2 Å². The third-order valence-corrected chi connectivity index (χ3v) is 7.44. The lowest BCUT2D eigenvalue weighted by Gasteiger charge is -2.18. The Balaban J connectivity index is 2.20. The maximum Gasteiger partial charge on any atom is 0.306 e. The van der Waals surface area contributed by atoms with Crippen LogP contribution in [0.15, 0.2) is 34.4 Å². The van der Waals surface area contributed by atoms with Crippen molar-refractivity contribution in [1.82, 2.24) is 13.9 Å². The number of carbonyl (C=O) groups is 2. The molecule has 2 N–H and O–H groups in total. The lowest BCUT2D eigenvalue weighted by atomic mass is 10.1. The number of aliphatic hydroxyl groups excluding tert-OH is 1. The largest absolute Gasteiger partial charge is 0.508 e. The molecule has 0 aliphatic rings. The molecular formula is C23H32N4O6S. The monoisotopic (exact) mass is 492 g/mol. The van der Waals surface area contributed by atoms with Crippen LogP contribution in [-0.2, 0) is 37.3 Å². The number of carbonyl (C=O) groups excluding carboxylic acids is 2. The summed E-state index contributed by atoms with van der Waals surface area (Å²) in [6.07, 6.45) is 0.216. The molecule has 2 aromatic rings. The molecule has 0 aliphatic carbocycles. The highest BCUT2D eigenvalue weighted by Gasteiger charge is 2.23. The standard InChI is InChI=1S/C23H32N4O6S/c1-6-26(7-2)34(31,32)17-9-10-19-18(13-17)25-21(27(19)8-3)11-12-22(30)33-14-20(29)23(15(4)24)16(5)28/h9-10,13,24,29H,6-8,11-12,14H2,1-5H3/b23-20-,24-15?. The molecule has 34 heavy (non-hydrogen) atoms. The zero-order valence-corrected chi connectivity index (χ0v) is 21.0. The molecule has 0 amide bonds. The number of ether oxygens (including phenoxy) is 1. The van der Waals surface area contributed by atoms with Gasteiger partial charge in [0.15, 0.2) is 5.78 Å². The molecule has 0 fully saturated rings. The average molecular weight is 493 g/mol. The van der Waals surface area contributed by atoms with Crippen LogP contribution in [0.1, 0.15) is 46.9 Å². The summed E-state index contributed by atoms with van der Waals surface area (Å²) in [5.41, 5.74) is 1.00. The molecule has 0 atom stereocenters. The molecule has 0 unspecified atom stereocenters. The minimum atomic E-state index is -3.62. The third kappa shape index (κ3) is 5.89. The zero-order valence-electron chi connectivity index (χ0n) is 20.2. The summed E-state index contributed by atoms with van der Waals surface area (Å²) in [7, 11) is -3.62. The van der Waals surface area contributed by atoms with E-state index in [1.165, 1.54) is 18.2 Å². The van der Waals surface area contributed by atoms with Crippen LogP contribution in [0.25, 0.3) is 11.0 Å². The topological polar surface area (TPSA) is 143 Å². The van der Waals surface area contributed by atoms with Crippen LogP contribution in [0, 0.1) is 5.41 Å². The summed E-state index contributed by atoms with van der Waals surface area (Å²) in [5, 5.41) is 17.6. The first-order chi connectivity index (χ1) is 16.0. The summed E-state index contributed by atoms with van der Waals surface area (Å²) in [6, 6.07) is 4.83. The van der Waals surface area contributed by atoms with Gasteiger partial charge in [0.25, 0.3) is 0 Å². The van der Waals surface area contributed by atoms with Crippen molar-refractivity contribution in [2.75, 3.05) is 19.7 Å². The Morgan fingerprint density at radius 2 is 1.82 bits per heavy atom. The Morgan fingerprint density at radius 1 is 1.18 bits per heavy atom. The second kappa shape index (κ2) is 11.4. The molecule has 2 rings (SSSR count). The SMILES string of the molecule is CCN(CC)S(=O)(=O)c1ccc2c(c1)nc(CCC(=O)OC/C(O)=C(\C(C)=N)C(C)=O)n2CC. The fourth-order valence-electron chi connectivity index (χ4n) is 3.77. The summed E-state index contributed by atoms with van der Waals surface area (Å²) in [5.74, 6) is -0.945. The van der Waals surface area contributed by atoms with Crippen molar-refractivity contribution < 1.29 is 27.9 Å². The fraction of sp³-hybridized carbons (Fsp3) is 0.478. The third-order valence-electron chi connectivity index (χ3n) is 5.40. The molecule has 10 nitrogen and oxygen atoms in total. The molecule has 186 valence electrons. The van der Waals surface area contributed by atoms with E-state index >= 15 is 0 Å². The van der Waals surface area contributed by atoms with Gasteiger partial charge in [0, 0.05) is 31.8 Å². The van der Waals surface area contributed by atoms with Crippen molar-refractivity contribution in [3.05, 3.63) is 35.4 Å². The highest BCUT2D eigenvalue weighted by Crippen LogP contribution is 2.23. The first kappa shape index (κ1) is 27.2. The maximum absolute atomic E-state index is 12.8. The smallest absolute Gasteiger partial charge is 0.306 e. The van der Waals surface area contributed by atoms with E-state index in [1.807, 2.05) is 11.5 Å². The van der Waals surface area contributed by atoms with E-state index in [4.69, 9.17) is 10.1 Å². The van der Waals surface area contributed by atoms with Gasteiger partial charge >= 0.3 is 5.97 Å². The summed E-state index contributed by atoms with van der Waals surface area (Å²) < 4.78 is 34.0. The highest BCUT2D eigenvalue weighted by molar-refractivity contribution is 7.89. The van der Waals surface area contributed by atoms with Crippen molar-refractivity contribution in [1.29, 1.82) is 5.41 Å². The number of allylic oxidation sites excluding steroid dienone is 1. The molecule has 1 aromatic carbocycles. The number of rotatable bonds is 12. The number of esters is 1. The van der Waals surface area contributed by atoms with Crippen LogP contribution < -0.4 is 0 Å². The number of hydrogen-bond donors (Lipinski definition) is 2. The van der Waals surface area contributed by atoms with Crippen molar-refractivity contribution in [2.45, 2.75) is 58.9 Å². The number of sulfonamides is 1. The first-order valence-electron chi connectivity index (χ1n) is 11.1. The van der Waals surface area contributed by atoms with Crippen molar-refractivity contribution in [3.8, 4) is 0 Å². The molecule has 0 bridgehead atoms. The molecule has 11 heteroatoms. The quantitative estimate of drug-likeness (QED) is 0.201. The van der Waals surface area contributed by atoms with Gasteiger partial charge in [-0.25, -0.2) is 13.4 Å². The van der Waals surface area contributed by atoms with Crippen molar-refractivity contribution in [2.24, 2.45) is 0 Å². The lowest BCUT2D eigenvalue weighted by Crippen LogP contribution is -2.30. The van der Waals surface area contributed by atoms with Gasteiger partial charge in [-0.2, -0.15) is 4.31 Å². The Morgan fingerprint density at radius 3 is 2.35 bits per heavy atom. The predicted octanol–water partition coefficient (Wildman–Crippen LogP) is 3.00. The molecule has 0 saturated heterocycles. The zero-order chi connectivity index (χ0) is 25.6. The number of imidazole rings is 1. The number of ketones is 1. The van der Waals surface area contributed by atoms with E-state index in [0.717, 1.165) is 5.52 Å². The number of aliphatic hydroxyl groups is 1. The van der Waals surface area contributed by atoms with Gasteiger partial charge in [-0.15, -0.1) is 0 Å². The average Bonchev–Trinajstić information content (AvgIpc) is 3.13. The Labute approximate surface area is 199 Å². The minimum Gasteiger partial charge on any atom is -0.508 e. The maximum atomic E-state index is 12.8. The highest BCUT2D eigenvalue weighted by atomic mass is 32.2.